The normalized spacial score (nSPS) is 18.7. The Hall–Kier alpha value is -4.34. The minimum absolute atomic E-state index is 0.111. The Bertz CT molecular complexity index is 2140. The van der Waals surface area contributed by atoms with Crippen LogP contribution in [-0.4, -0.2) is 76.7 Å². The van der Waals surface area contributed by atoms with Gasteiger partial charge in [0, 0.05) is 65.9 Å². The molecule has 8 heteroatoms. The molecule has 8 nitrogen and oxygen atoms in total. The van der Waals surface area contributed by atoms with Crippen LogP contribution < -0.4 is 9.47 Å². The third-order valence-corrected chi connectivity index (χ3v) is 12.6. The van der Waals surface area contributed by atoms with Crippen molar-refractivity contribution in [2.75, 3.05) is 71.3 Å². The van der Waals surface area contributed by atoms with Gasteiger partial charge in [-0.25, -0.2) is 4.57 Å². The lowest BCUT2D eigenvalue weighted by molar-refractivity contribution is -0.698. The standard InChI is InChI=1S/C53H73N3O5/c1-12-55-46-20-14-39(5)36-44(46)52(7,8)48(55)22-18-41-16-17-42(19-23-49-53(9,10)45-37-40(6)15-21-47(45)56(49)13-2)51(41)61-50(38(3)4)43-24-26-54(27-25-43)28-29-58-32-33-60-35-34-59-31-30-57-11/h14-15,18-27,36-38,50H,12-13,16-17,28-35H2,1-11H3/q+2. The SMILES string of the molecule is CCN1/C(=C/C=C2\CCC(/C=C/C3=[N+](CC)c4ccc(C)cc4C3(C)C)=C2OC(c2cc[n+](CCOCCOCCOCCOC)cc2)C(C)C)C(C)(C)c2cc(C)ccc21. The Morgan fingerprint density at radius 1 is 0.738 bits per heavy atom. The number of anilines is 1. The molecule has 0 fully saturated rings. The van der Waals surface area contributed by atoms with Crippen molar-refractivity contribution in [1.82, 2.24) is 0 Å². The molecule has 328 valence electrons. The number of allylic oxidation sites excluding steroid dienone is 7. The summed E-state index contributed by atoms with van der Waals surface area (Å²) in [6.07, 6.45) is 15.5. The van der Waals surface area contributed by atoms with Crippen LogP contribution in [0.4, 0.5) is 11.4 Å². The van der Waals surface area contributed by atoms with Crippen LogP contribution in [0, 0.1) is 19.8 Å². The first-order valence-corrected chi connectivity index (χ1v) is 22.7. The summed E-state index contributed by atoms with van der Waals surface area (Å²) in [6, 6.07) is 18.2. The highest BCUT2D eigenvalue weighted by molar-refractivity contribution is 6.03. The van der Waals surface area contributed by atoms with Gasteiger partial charge in [0.25, 0.3) is 0 Å². The summed E-state index contributed by atoms with van der Waals surface area (Å²) in [7, 11) is 1.67. The molecule has 0 radical (unpaired) electrons. The van der Waals surface area contributed by atoms with E-state index >= 15 is 0 Å². The monoisotopic (exact) mass is 832 g/mol. The van der Waals surface area contributed by atoms with Crippen molar-refractivity contribution < 1.29 is 32.8 Å². The highest BCUT2D eigenvalue weighted by Crippen LogP contribution is 2.48. The maximum absolute atomic E-state index is 7.32. The lowest BCUT2D eigenvalue weighted by Crippen LogP contribution is -2.35. The van der Waals surface area contributed by atoms with Crippen LogP contribution in [0.1, 0.15) is 102 Å². The third-order valence-electron chi connectivity index (χ3n) is 12.6. The Balaban J connectivity index is 1.25. The molecule has 2 aliphatic heterocycles. The van der Waals surface area contributed by atoms with Gasteiger partial charge in [0.05, 0.1) is 45.1 Å². The van der Waals surface area contributed by atoms with E-state index in [1.54, 1.807) is 7.11 Å². The van der Waals surface area contributed by atoms with E-state index in [9.17, 15) is 0 Å². The van der Waals surface area contributed by atoms with Gasteiger partial charge < -0.3 is 28.6 Å². The maximum Gasteiger partial charge on any atom is 0.209 e. The molecule has 61 heavy (non-hydrogen) atoms. The summed E-state index contributed by atoms with van der Waals surface area (Å²) < 4.78 is 33.9. The van der Waals surface area contributed by atoms with Crippen LogP contribution >= 0.6 is 0 Å². The largest absolute Gasteiger partial charge is 0.485 e. The van der Waals surface area contributed by atoms with E-state index in [0.717, 1.165) is 38.2 Å². The van der Waals surface area contributed by atoms with Crippen molar-refractivity contribution in [2.45, 2.75) is 106 Å². The summed E-state index contributed by atoms with van der Waals surface area (Å²) in [5.41, 5.74) is 14.1. The number of rotatable bonds is 21. The van der Waals surface area contributed by atoms with Crippen molar-refractivity contribution in [3.05, 3.63) is 136 Å². The summed E-state index contributed by atoms with van der Waals surface area (Å²) in [4.78, 5) is 2.49. The van der Waals surface area contributed by atoms with Crippen molar-refractivity contribution in [3.8, 4) is 0 Å². The molecule has 2 aromatic carbocycles. The van der Waals surface area contributed by atoms with Crippen LogP contribution in [0.25, 0.3) is 0 Å². The summed E-state index contributed by atoms with van der Waals surface area (Å²) in [5, 5.41) is 0. The van der Waals surface area contributed by atoms with E-state index in [4.69, 9.17) is 23.7 Å². The molecular formula is C53H73N3O5+2. The molecule has 1 atom stereocenters. The molecule has 0 bridgehead atoms. The lowest BCUT2D eigenvalue weighted by atomic mass is 9.80. The van der Waals surface area contributed by atoms with Gasteiger partial charge in [-0.1, -0.05) is 63.1 Å². The zero-order chi connectivity index (χ0) is 43.7. The first-order valence-electron chi connectivity index (χ1n) is 22.7. The molecular weight excluding hydrogens is 759 g/mol. The molecule has 3 aromatic rings. The number of aryl methyl sites for hydroxylation is 2. The van der Waals surface area contributed by atoms with E-state index < -0.39 is 0 Å². The molecule has 0 N–H and O–H groups in total. The van der Waals surface area contributed by atoms with Crippen molar-refractivity contribution in [1.29, 1.82) is 0 Å². The number of hydrogen-bond donors (Lipinski definition) is 0. The third kappa shape index (κ3) is 10.5. The van der Waals surface area contributed by atoms with E-state index in [1.165, 1.54) is 61.7 Å². The number of fused-ring (bicyclic) bond motifs is 2. The van der Waals surface area contributed by atoms with E-state index in [-0.39, 0.29) is 22.9 Å². The predicted octanol–water partition coefficient (Wildman–Crippen LogP) is 10.3. The Morgan fingerprint density at radius 2 is 1.38 bits per heavy atom. The van der Waals surface area contributed by atoms with Gasteiger partial charge >= 0.3 is 0 Å². The average molecular weight is 832 g/mol. The van der Waals surface area contributed by atoms with E-state index in [1.807, 2.05) is 0 Å². The number of methoxy groups -OCH3 is 1. The second kappa shape index (κ2) is 20.7. The number of benzene rings is 2. The molecule has 3 heterocycles. The minimum Gasteiger partial charge on any atom is -0.485 e. The summed E-state index contributed by atoms with van der Waals surface area (Å²) in [5.74, 6) is 1.27. The fourth-order valence-electron chi connectivity index (χ4n) is 9.17. The number of likely N-dealkylation sites (N-methyl/N-ethyl adjacent to an activating group) is 1. The fraction of sp³-hybridized carbons (Fsp3) is 0.509. The molecule has 0 spiro atoms. The predicted molar refractivity (Wildman–Crippen MR) is 248 cm³/mol. The number of aromatic nitrogens is 1. The number of pyridine rings is 1. The van der Waals surface area contributed by atoms with Gasteiger partial charge in [0.1, 0.15) is 25.0 Å². The van der Waals surface area contributed by atoms with Crippen LogP contribution in [0.5, 0.6) is 0 Å². The Morgan fingerprint density at radius 3 is 2.02 bits per heavy atom. The minimum atomic E-state index is -0.119. The lowest BCUT2D eigenvalue weighted by Gasteiger charge is -2.26. The topological polar surface area (TPSA) is 56.3 Å². The molecule has 1 unspecified atom stereocenters. The summed E-state index contributed by atoms with van der Waals surface area (Å²) in [6.45, 7) is 29.5. The number of ether oxygens (including phenoxy) is 5. The van der Waals surface area contributed by atoms with Crippen molar-refractivity contribution >= 4 is 17.1 Å². The maximum atomic E-state index is 7.32. The van der Waals surface area contributed by atoms with Gasteiger partial charge in [-0.3, -0.25) is 0 Å². The average Bonchev–Trinajstić information content (AvgIpc) is 3.79. The van der Waals surface area contributed by atoms with Gasteiger partial charge in [0.2, 0.25) is 5.69 Å². The number of hydrogen-bond acceptors (Lipinski definition) is 6. The smallest absolute Gasteiger partial charge is 0.209 e. The van der Waals surface area contributed by atoms with Crippen LogP contribution in [0.2, 0.25) is 0 Å². The number of nitrogens with zero attached hydrogens (tertiary/aromatic N) is 3. The molecule has 0 saturated heterocycles. The first-order chi connectivity index (χ1) is 29.3. The zero-order valence-electron chi connectivity index (χ0n) is 39.1. The second-order valence-corrected chi connectivity index (χ2v) is 18.1. The summed E-state index contributed by atoms with van der Waals surface area (Å²) >= 11 is 0. The molecule has 1 aliphatic carbocycles. The molecule has 6 rings (SSSR count). The molecule has 0 amide bonds. The van der Waals surface area contributed by atoms with Gasteiger partial charge in [-0.15, -0.1) is 0 Å². The second-order valence-electron chi connectivity index (χ2n) is 18.1. The fourth-order valence-corrected chi connectivity index (χ4v) is 9.17. The van der Waals surface area contributed by atoms with Crippen LogP contribution in [0.15, 0.2) is 108 Å². The quantitative estimate of drug-likeness (QED) is 0.0787. The first kappa shape index (κ1) is 46.2. The highest BCUT2D eigenvalue weighted by atomic mass is 16.6. The van der Waals surface area contributed by atoms with Gasteiger partial charge in [-0.05, 0) is 101 Å². The van der Waals surface area contributed by atoms with Crippen LogP contribution in [0.3, 0.4) is 0 Å². The van der Waals surface area contributed by atoms with Gasteiger partial charge in [0.15, 0.2) is 24.7 Å². The Kier molecular flexibility index (Phi) is 15.7. The van der Waals surface area contributed by atoms with Crippen LogP contribution in [-0.2, 0) is 41.1 Å². The van der Waals surface area contributed by atoms with Gasteiger partial charge in [-0.2, -0.15) is 4.58 Å². The van der Waals surface area contributed by atoms with E-state index in [0.29, 0.717) is 46.2 Å². The highest BCUT2D eigenvalue weighted by Gasteiger charge is 2.44. The zero-order valence-corrected chi connectivity index (χ0v) is 39.1. The molecule has 0 saturated carbocycles. The van der Waals surface area contributed by atoms with Crippen molar-refractivity contribution in [2.24, 2.45) is 5.92 Å². The van der Waals surface area contributed by atoms with E-state index in [2.05, 4.69) is 169 Å². The molecule has 3 aliphatic rings. The Labute approximate surface area is 367 Å². The van der Waals surface area contributed by atoms with Crippen molar-refractivity contribution in [3.63, 3.8) is 0 Å². The molecule has 1 aromatic heterocycles.